The molecule has 0 bridgehead atoms. The highest BCUT2D eigenvalue weighted by atomic mass is 35.5. The van der Waals surface area contributed by atoms with Crippen LogP contribution >= 0.6 is 11.6 Å². The van der Waals surface area contributed by atoms with Gasteiger partial charge in [-0.1, -0.05) is 18.5 Å². The van der Waals surface area contributed by atoms with Gasteiger partial charge < -0.3 is 4.57 Å². The molecule has 0 amide bonds. The zero-order chi connectivity index (χ0) is 11.7. The number of carbonyl (C=O) groups is 1. The fourth-order valence-electron chi connectivity index (χ4n) is 1.82. The van der Waals surface area contributed by atoms with Crippen LogP contribution in [-0.2, 0) is 0 Å². The average Bonchev–Trinajstić information content (AvgIpc) is 2.65. The predicted molar refractivity (Wildman–Crippen MR) is 65.1 cm³/mol. The summed E-state index contributed by atoms with van der Waals surface area (Å²) in [7, 11) is 0. The standard InChI is InChI=1S/C12H13ClN2O/c1-3-8(2)15-11-5-4-9(13)6-10(11)14-12(15)7-16/h4-8H,3H2,1-2H3. The summed E-state index contributed by atoms with van der Waals surface area (Å²) in [6, 6.07) is 5.76. The maximum atomic E-state index is 11.0. The van der Waals surface area contributed by atoms with Crippen LogP contribution in [0.3, 0.4) is 0 Å². The molecule has 0 fully saturated rings. The van der Waals surface area contributed by atoms with Gasteiger partial charge in [0.15, 0.2) is 12.1 Å². The summed E-state index contributed by atoms with van der Waals surface area (Å²) in [6.07, 6.45) is 1.75. The van der Waals surface area contributed by atoms with Crippen LogP contribution in [0.25, 0.3) is 11.0 Å². The van der Waals surface area contributed by atoms with Crippen molar-refractivity contribution in [2.75, 3.05) is 0 Å². The van der Waals surface area contributed by atoms with Crippen LogP contribution in [0.1, 0.15) is 36.9 Å². The van der Waals surface area contributed by atoms with Gasteiger partial charge in [-0.25, -0.2) is 4.98 Å². The number of fused-ring (bicyclic) bond motifs is 1. The van der Waals surface area contributed by atoms with Crippen LogP contribution in [0.4, 0.5) is 0 Å². The third kappa shape index (κ3) is 1.71. The van der Waals surface area contributed by atoms with Crippen LogP contribution in [0.15, 0.2) is 18.2 Å². The molecule has 3 nitrogen and oxygen atoms in total. The van der Waals surface area contributed by atoms with Gasteiger partial charge >= 0.3 is 0 Å². The van der Waals surface area contributed by atoms with Crippen molar-refractivity contribution in [2.24, 2.45) is 0 Å². The highest BCUT2D eigenvalue weighted by molar-refractivity contribution is 6.31. The zero-order valence-corrected chi connectivity index (χ0v) is 10.0. The lowest BCUT2D eigenvalue weighted by molar-refractivity contribution is 0.111. The van der Waals surface area contributed by atoms with Gasteiger partial charge in [-0.3, -0.25) is 4.79 Å². The maximum Gasteiger partial charge on any atom is 0.185 e. The minimum Gasteiger partial charge on any atom is -0.319 e. The minimum absolute atomic E-state index is 0.256. The Morgan fingerprint density at radius 3 is 2.94 bits per heavy atom. The van der Waals surface area contributed by atoms with E-state index in [-0.39, 0.29) is 6.04 Å². The lowest BCUT2D eigenvalue weighted by Gasteiger charge is -2.13. The minimum atomic E-state index is 0.256. The first-order valence-electron chi connectivity index (χ1n) is 5.30. The first-order chi connectivity index (χ1) is 7.67. The molecular formula is C12H13ClN2O. The SMILES string of the molecule is CCC(C)n1c(C=O)nc2cc(Cl)ccc21. The topological polar surface area (TPSA) is 34.9 Å². The molecule has 0 radical (unpaired) electrons. The Balaban J connectivity index is 2.73. The Morgan fingerprint density at radius 2 is 2.31 bits per heavy atom. The zero-order valence-electron chi connectivity index (χ0n) is 9.27. The number of halogens is 1. The molecule has 1 heterocycles. The highest BCUT2D eigenvalue weighted by Gasteiger charge is 2.14. The van der Waals surface area contributed by atoms with E-state index in [1.54, 1.807) is 6.07 Å². The molecule has 84 valence electrons. The van der Waals surface area contributed by atoms with Crippen molar-refractivity contribution in [3.8, 4) is 0 Å². The Kier molecular flexibility index (Phi) is 2.97. The van der Waals surface area contributed by atoms with Gasteiger partial charge in [0.25, 0.3) is 0 Å². The summed E-state index contributed by atoms with van der Waals surface area (Å²) in [6.45, 7) is 4.16. The molecule has 0 aliphatic heterocycles. The van der Waals surface area contributed by atoms with Crippen molar-refractivity contribution < 1.29 is 4.79 Å². The third-order valence-corrected chi connectivity index (χ3v) is 3.05. The smallest absolute Gasteiger partial charge is 0.185 e. The summed E-state index contributed by atoms with van der Waals surface area (Å²) >= 11 is 5.90. The summed E-state index contributed by atoms with van der Waals surface area (Å²) in [5.41, 5.74) is 1.73. The maximum absolute atomic E-state index is 11.0. The number of carbonyl (C=O) groups excluding carboxylic acids is 1. The van der Waals surface area contributed by atoms with Crippen LogP contribution in [0, 0.1) is 0 Å². The number of rotatable bonds is 3. The van der Waals surface area contributed by atoms with Gasteiger partial charge in [0.1, 0.15) is 0 Å². The number of hydrogen-bond acceptors (Lipinski definition) is 2. The van der Waals surface area contributed by atoms with E-state index in [0.29, 0.717) is 10.8 Å². The second-order valence-electron chi connectivity index (χ2n) is 3.85. The molecule has 4 heteroatoms. The van der Waals surface area contributed by atoms with Crippen molar-refractivity contribution in [3.63, 3.8) is 0 Å². The summed E-state index contributed by atoms with van der Waals surface area (Å²) in [5, 5.41) is 0.638. The fraction of sp³-hybridized carbons (Fsp3) is 0.333. The molecule has 0 N–H and O–H groups in total. The first kappa shape index (κ1) is 11.1. The Morgan fingerprint density at radius 1 is 1.56 bits per heavy atom. The van der Waals surface area contributed by atoms with Crippen molar-refractivity contribution in [3.05, 3.63) is 29.0 Å². The first-order valence-corrected chi connectivity index (χ1v) is 5.67. The van der Waals surface area contributed by atoms with Gasteiger partial charge in [-0.05, 0) is 31.5 Å². The molecule has 0 aliphatic rings. The van der Waals surface area contributed by atoms with Gasteiger partial charge in [-0.2, -0.15) is 0 Å². The van der Waals surface area contributed by atoms with Crippen LogP contribution in [0.5, 0.6) is 0 Å². The molecule has 2 aromatic rings. The second kappa shape index (κ2) is 4.26. The lowest BCUT2D eigenvalue weighted by atomic mass is 10.2. The summed E-state index contributed by atoms with van der Waals surface area (Å²) in [4.78, 5) is 15.3. The third-order valence-electron chi connectivity index (χ3n) is 2.82. The van der Waals surface area contributed by atoms with Crippen molar-refractivity contribution in [1.82, 2.24) is 9.55 Å². The van der Waals surface area contributed by atoms with E-state index in [0.717, 1.165) is 23.7 Å². The molecular weight excluding hydrogens is 224 g/mol. The molecule has 16 heavy (non-hydrogen) atoms. The second-order valence-corrected chi connectivity index (χ2v) is 4.28. The van der Waals surface area contributed by atoms with Crippen molar-refractivity contribution in [2.45, 2.75) is 26.3 Å². The van der Waals surface area contributed by atoms with Gasteiger partial charge in [0.2, 0.25) is 0 Å². The van der Waals surface area contributed by atoms with E-state index in [2.05, 4.69) is 18.8 Å². The largest absolute Gasteiger partial charge is 0.319 e. The van der Waals surface area contributed by atoms with Gasteiger partial charge in [0, 0.05) is 11.1 Å². The summed E-state index contributed by atoms with van der Waals surface area (Å²) in [5.74, 6) is 0.464. The van der Waals surface area contributed by atoms with Crippen LogP contribution < -0.4 is 0 Å². The molecule has 1 unspecified atom stereocenters. The van der Waals surface area contributed by atoms with E-state index < -0.39 is 0 Å². The molecule has 0 saturated carbocycles. The van der Waals surface area contributed by atoms with Crippen molar-refractivity contribution in [1.29, 1.82) is 0 Å². The molecule has 0 aliphatic carbocycles. The molecule has 2 rings (SSSR count). The van der Waals surface area contributed by atoms with E-state index in [4.69, 9.17) is 11.6 Å². The van der Waals surface area contributed by atoms with E-state index in [9.17, 15) is 4.79 Å². The van der Waals surface area contributed by atoms with E-state index >= 15 is 0 Å². The Bertz CT molecular complexity index is 533. The molecule has 1 atom stereocenters. The molecule has 0 saturated heterocycles. The number of aromatic nitrogens is 2. The lowest BCUT2D eigenvalue weighted by Crippen LogP contribution is -2.07. The van der Waals surface area contributed by atoms with Gasteiger partial charge in [-0.15, -0.1) is 0 Å². The quantitative estimate of drug-likeness (QED) is 0.765. The molecule has 1 aromatic heterocycles. The molecule has 0 spiro atoms. The van der Waals surface area contributed by atoms with Crippen LogP contribution in [-0.4, -0.2) is 15.8 Å². The number of imidazole rings is 1. The predicted octanol–water partition coefficient (Wildman–Crippen LogP) is 3.47. The van der Waals surface area contributed by atoms with Crippen LogP contribution in [0.2, 0.25) is 5.02 Å². The molecule has 1 aromatic carbocycles. The summed E-state index contributed by atoms with van der Waals surface area (Å²) < 4.78 is 1.96. The average molecular weight is 237 g/mol. The number of aldehydes is 1. The van der Waals surface area contributed by atoms with Gasteiger partial charge in [0.05, 0.1) is 11.0 Å². The van der Waals surface area contributed by atoms with E-state index in [1.165, 1.54) is 0 Å². The monoisotopic (exact) mass is 236 g/mol. The van der Waals surface area contributed by atoms with Crippen molar-refractivity contribution >= 4 is 28.9 Å². The fourth-order valence-corrected chi connectivity index (χ4v) is 1.99. The Labute approximate surface area is 99.0 Å². The number of hydrogen-bond donors (Lipinski definition) is 0. The Hall–Kier alpha value is -1.35. The van der Waals surface area contributed by atoms with E-state index in [1.807, 2.05) is 16.7 Å². The normalized spacial score (nSPS) is 12.9. The highest BCUT2D eigenvalue weighted by Crippen LogP contribution is 2.24. The number of benzene rings is 1. The number of nitrogens with zero attached hydrogens (tertiary/aromatic N) is 2.